The number of fused-ring (bicyclic) bond motifs is 1. The Labute approximate surface area is 129 Å². The first-order valence-electron chi connectivity index (χ1n) is 6.82. The molecule has 0 spiro atoms. The molecule has 0 aromatic heterocycles. The van der Waals surface area contributed by atoms with E-state index in [4.69, 9.17) is 5.73 Å². The van der Waals surface area contributed by atoms with Crippen LogP contribution in [0.4, 0.5) is 4.79 Å². The molecule has 2 heterocycles. The summed E-state index contributed by atoms with van der Waals surface area (Å²) in [5.74, 6) is 0.0209. The molecule has 0 saturated carbocycles. The quantitative estimate of drug-likeness (QED) is 0.831. The van der Waals surface area contributed by atoms with Gasteiger partial charge in [-0.25, -0.2) is 4.79 Å². The van der Waals surface area contributed by atoms with Crippen molar-refractivity contribution < 1.29 is 9.59 Å². The van der Waals surface area contributed by atoms with Crippen LogP contribution in [0.2, 0.25) is 0 Å². The van der Waals surface area contributed by atoms with E-state index in [0.29, 0.717) is 38.3 Å². The van der Waals surface area contributed by atoms with Crippen LogP contribution in [-0.4, -0.2) is 54.0 Å². The molecule has 2 aliphatic heterocycles. The number of nitrogens with two attached hydrogens (primary N) is 1. The molecule has 1 aromatic carbocycles. The van der Waals surface area contributed by atoms with Gasteiger partial charge in [-0.1, -0.05) is 12.1 Å². The van der Waals surface area contributed by atoms with Crippen molar-refractivity contribution >= 4 is 24.3 Å². The summed E-state index contributed by atoms with van der Waals surface area (Å²) < 4.78 is 0. The molecule has 2 saturated heterocycles. The topological polar surface area (TPSA) is 78.7 Å². The van der Waals surface area contributed by atoms with Crippen LogP contribution in [0.5, 0.6) is 0 Å². The lowest BCUT2D eigenvalue weighted by atomic mass is 10.1. The Morgan fingerprint density at radius 2 is 2.00 bits per heavy atom. The van der Waals surface area contributed by atoms with Gasteiger partial charge >= 0.3 is 6.03 Å². The SMILES string of the molecule is Cl.NCc1ccc(C(=O)N2CCN3C(=O)NCC3C2)cc1. The van der Waals surface area contributed by atoms with E-state index in [0.717, 1.165) is 5.56 Å². The second-order valence-corrected chi connectivity index (χ2v) is 5.19. The van der Waals surface area contributed by atoms with Crippen molar-refractivity contribution in [2.75, 3.05) is 26.2 Å². The highest BCUT2D eigenvalue weighted by atomic mass is 35.5. The molecule has 21 heavy (non-hydrogen) atoms. The molecule has 2 fully saturated rings. The number of halogens is 1. The number of urea groups is 1. The number of benzene rings is 1. The fourth-order valence-electron chi connectivity index (χ4n) is 2.75. The first-order valence-corrected chi connectivity index (χ1v) is 6.82. The minimum atomic E-state index is -0.0191. The normalized spacial score (nSPS) is 20.6. The van der Waals surface area contributed by atoms with Gasteiger partial charge in [0.2, 0.25) is 0 Å². The zero-order valence-corrected chi connectivity index (χ0v) is 12.4. The van der Waals surface area contributed by atoms with Gasteiger partial charge in [-0.05, 0) is 17.7 Å². The summed E-state index contributed by atoms with van der Waals surface area (Å²) in [4.78, 5) is 27.6. The van der Waals surface area contributed by atoms with E-state index in [1.165, 1.54) is 0 Å². The summed E-state index contributed by atoms with van der Waals surface area (Å²) in [6.07, 6.45) is 0. The Balaban J connectivity index is 0.00000161. The molecule has 3 N–H and O–H groups in total. The van der Waals surface area contributed by atoms with Gasteiger partial charge in [-0.15, -0.1) is 12.4 Å². The molecule has 0 radical (unpaired) electrons. The number of amides is 3. The van der Waals surface area contributed by atoms with Crippen LogP contribution in [0.15, 0.2) is 24.3 Å². The van der Waals surface area contributed by atoms with Crippen LogP contribution in [0.3, 0.4) is 0 Å². The largest absolute Gasteiger partial charge is 0.336 e. The Morgan fingerprint density at radius 3 is 2.67 bits per heavy atom. The fourth-order valence-corrected chi connectivity index (χ4v) is 2.75. The van der Waals surface area contributed by atoms with E-state index >= 15 is 0 Å². The number of carbonyl (C=O) groups excluding carboxylic acids is 2. The summed E-state index contributed by atoms with van der Waals surface area (Å²) in [6, 6.07) is 7.47. The zero-order valence-electron chi connectivity index (χ0n) is 11.6. The highest BCUT2D eigenvalue weighted by Crippen LogP contribution is 2.16. The Kier molecular flexibility index (Phi) is 4.69. The van der Waals surface area contributed by atoms with Crippen LogP contribution in [0.1, 0.15) is 15.9 Å². The summed E-state index contributed by atoms with van der Waals surface area (Å²) in [5.41, 5.74) is 7.24. The molecule has 0 aliphatic carbocycles. The molecule has 0 bridgehead atoms. The lowest BCUT2D eigenvalue weighted by Crippen LogP contribution is -2.53. The number of nitrogens with zero attached hydrogens (tertiary/aromatic N) is 2. The van der Waals surface area contributed by atoms with Crippen molar-refractivity contribution in [1.29, 1.82) is 0 Å². The van der Waals surface area contributed by atoms with E-state index in [9.17, 15) is 9.59 Å². The molecular formula is C14H19ClN4O2. The smallest absolute Gasteiger partial charge is 0.317 e. The van der Waals surface area contributed by atoms with Crippen LogP contribution in [0.25, 0.3) is 0 Å². The maximum Gasteiger partial charge on any atom is 0.317 e. The Morgan fingerprint density at radius 1 is 1.29 bits per heavy atom. The Bertz CT molecular complexity index is 534. The van der Waals surface area contributed by atoms with Crippen molar-refractivity contribution in [2.45, 2.75) is 12.6 Å². The van der Waals surface area contributed by atoms with Crippen LogP contribution >= 0.6 is 12.4 Å². The third-order valence-corrected chi connectivity index (χ3v) is 3.96. The van der Waals surface area contributed by atoms with Gasteiger partial charge in [-0.3, -0.25) is 4.79 Å². The molecular weight excluding hydrogens is 292 g/mol. The highest BCUT2D eigenvalue weighted by molar-refractivity contribution is 5.94. The van der Waals surface area contributed by atoms with Gasteiger partial charge in [0.05, 0.1) is 6.04 Å². The van der Waals surface area contributed by atoms with Gasteiger partial charge in [0, 0.05) is 38.3 Å². The number of hydrogen-bond donors (Lipinski definition) is 2. The average Bonchev–Trinajstić information content (AvgIpc) is 2.87. The first-order chi connectivity index (χ1) is 9.69. The number of hydrogen-bond acceptors (Lipinski definition) is 3. The monoisotopic (exact) mass is 310 g/mol. The number of rotatable bonds is 2. The second kappa shape index (κ2) is 6.32. The van der Waals surface area contributed by atoms with E-state index in [-0.39, 0.29) is 30.4 Å². The summed E-state index contributed by atoms with van der Waals surface area (Å²) in [6.45, 7) is 2.87. The summed E-state index contributed by atoms with van der Waals surface area (Å²) in [7, 11) is 0. The van der Waals surface area contributed by atoms with E-state index in [1.807, 2.05) is 29.2 Å². The molecule has 1 atom stereocenters. The van der Waals surface area contributed by atoms with Crippen molar-refractivity contribution in [3.05, 3.63) is 35.4 Å². The van der Waals surface area contributed by atoms with Gasteiger partial charge in [0.1, 0.15) is 0 Å². The lowest BCUT2D eigenvalue weighted by Gasteiger charge is -2.36. The van der Waals surface area contributed by atoms with Crippen molar-refractivity contribution in [2.24, 2.45) is 5.73 Å². The number of carbonyl (C=O) groups is 2. The maximum atomic E-state index is 12.4. The van der Waals surface area contributed by atoms with E-state index < -0.39 is 0 Å². The molecule has 6 nitrogen and oxygen atoms in total. The van der Waals surface area contributed by atoms with Gasteiger partial charge in [0.15, 0.2) is 0 Å². The molecule has 1 aromatic rings. The van der Waals surface area contributed by atoms with E-state index in [2.05, 4.69) is 5.32 Å². The van der Waals surface area contributed by atoms with Crippen LogP contribution in [0, 0.1) is 0 Å². The Hall–Kier alpha value is -1.79. The summed E-state index contributed by atoms with van der Waals surface area (Å²) >= 11 is 0. The summed E-state index contributed by atoms with van der Waals surface area (Å²) in [5, 5.41) is 2.81. The lowest BCUT2D eigenvalue weighted by molar-refractivity contribution is 0.0617. The van der Waals surface area contributed by atoms with Crippen LogP contribution in [-0.2, 0) is 6.54 Å². The van der Waals surface area contributed by atoms with Gasteiger partial charge < -0.3 is 20.9 Å². The third-order valence-electron chi connectivity index (χ3n) is 3.96. The number of piperazine rings is 1. The van der Waals surface area contributed by atoms with Crippen molar-refractivity contribution in [3.63, 3.8) is 0 Å². The van der Waals surface area contributed by atoms with Crippen LogP contribution < -0.4 is 11.1 Å². The fraction of sp³-hybridized carbons (Fsp3) is 0.429. The zero-order chi connectivity index (χ0) is 14.1. The molecule has 3 rings (SSSR count). The minimum absolute atomic E-state index is 0. The first kappa shape index (κ1) is 15.6. The van der Waals surface area contributed by atoms with Crippen molar-refractivity contribution in [3.8, 4) is 0 Å². The molecule has 1 unspecified atom stereocenters. The van der Waals surface area contributed by atoms with Gasteiger partial charge in [-0.2, -0.15) is 0 Å². The molecule has 2 aliphatic rings. The third kappa shape index (κ3) is 2.96. The van der Waals surface area contributed by atoms with Crippen molar-refractivity contribution in [1.82, 2.24) is 15.1 Å². The van der Waals surface area contributed by atoms with Gasteiger partial charge in [0.25, 0.3) is 5.91 Å². The predicted molar refractivity (Wildman–Crippen MR) is 81.4 cm³/mol. The molecule has 7 heteroatoms. The average molecular weight is 311 g/mol. The minimum Gasteiger partial charge on any atom is -0.336 e. The predicted octanol–water partition coefficient (Wildman–Crippen LogP) is 0.417. The molecule has 3 amide bonds. The molecule has 114 valence electrons. The standard InChI is InChI=1S/C14H18N4O2.ClH/c15-7-10-1-3-11(4-2-10)13(19)17-5-6-18-12(9-17)8-16-14(18)20;/h1-4,12H,5-9,15H2,(H,16,20);1H. The maximum absolute atomic E-state index is 12.4. The number of nitrogens with one attached hydrogen (secondary N) is 1. The van der Waals surface area contributed by atoms with E-state index in [1.54, 1.807) is 4.90 Å². The highest BCUT2D eigenvalue weighted by Gasteiger charge is 2.36. The second-order valence-electron chi connectivity index (χ2n) is 5.19.